The number of rotatable bonds is 4. The molecule has 1 heterocycles. The van der Waals surface area contributed by atoms with Crippen molar-refractivity contribution in [3.05, 3.63) is 81.6 Å². The molecule has 2 aromatic carbocycles. The van der Waals surface area contributed by atoms with Gasteiger partial charge in [-0.25, -0.2) is 0 Å². The number of amides is 1. The van der Waals surface area contributed by atoms with Gasteiger partial charge >= 0.3 is 0 Å². The average Bonchev–Trinajstić information content (AvgIpc) is 2.54. The summed E-state index contributed by atoms with van der Waals surface area (Å²) in [7, 11) is 0. The Bertz CT molecular complexity index is 898. The minimum Gasteiger partial charge on any atom is -0.352 e. The number of carbonyl (C=O) groups excluding carboxylic acids is 1. The molecule has 1 amide bonds. The van der Waals surface area contributed by atoms with Crippen molar-refractivity contribution in [3.8, 4) is 0 Å². The lowest BCUT2D eigenvalue weighted by atomic mass is 10.1. The molecular weight excluding hydrogens is 288 g/mol. The van der Waals surface area contributed by atoms with E-state index in [9.17, 15) is 9.59 Å². The lowest BCUT2D eigenvalue weighted by molar-refractivity contribution is -0.120. The molecule has 3 aromatic rings. The second-order valence-electron chi connectivity index (χ2n) is 5.65. The molecule has 0 spiro atoms. The number of hydrogen-bond donors (Lipinski definition) is 2. The molecule has 3 rings (SSSR count). The fourth-order valence-electron chi connectivity index (χ4n) is 2.53. The smallest absolute Gasteiger partial charge is 0.253 e. The number of carbonyl (C=O) groups is 1. The van der Waals surface area contributed by atoms with Crippen LogP contribution < -0.4 is 10.9 Å². The third kappa shape index (κ3) is 3.66. The maximum absolute atomic E-state index is 12.1. The van der Waals surface area contributed by atoms with Gasteiger partial charge in [-0.1, -0.05) is 42.5 Å². The van der Waals surface area contributed by atoms with Crippen molar-refractivity contribution < 1.29 is 4.79 Å². The lowest BCUT2D eigenvalue weighted by Crippen LogP contribution is -2.27. The zero-order valence-corrected chi connectivity index (χ0v) is 12.9. The number of aryl methyl sites for hydroxylation is 1. The molecular formula is C19H18N2O2. The summed E-state index contributed by atoms with van der Waals surface area (Å²) in [5.74, 6) is -0.0976. The Morgan fingerprint density at radius 1 is 1.09 bits per heavy atom. The SMILES string of the molecule is Cc1ccc2cc(CNC(=O)Cc3ccccc3)c(=O)[nH]c2c1. The van der Waals surface area contributed by atoms with E-state index >= 15 is 0 Å². The first-order valence-electron chi connectivity index (χ1n) is 7.55. The Morgan fingerprint density at radius 3 is 2.65 bits per heavy atom. The molecule has 0 aliphatic carbocycles. The van der Waals surface area contributed by atoms with Crippen LogP contribution in [0.2, 0.25) is 0 Å². The van der Waals surface area contributed by atoms with Crippen LogP contribution in [0.4, 0.5) is 0 Å². The largest absolute Gasteiger partial charge is 0.352 e. The summed E-state index contributed by atoms with van der Waals surface area (Å²) < 4.78 is 0. The van der Waals surface area contributed by atoms with Gasteiger partial charge in [0.25, 0.3) is 5.56 Å². The van der Waals surface area contributed by atoms with Gasteiger partial charge in [-0.2, -0.15) is 0 Å². The minimum absolute atomic E-state index is 0.0976. The Balaban J connectivity index is 1.71. The van der Waals surface area contributed by atoms with Crippen molar-refractivity contribution >= 4 is 16.8 Å². The monoisotopic (exact) mass is 306 g/mol. The topological polar surface area (TPSA) is 62.0 Å². The van der Waals surface area contributed by atoms with Crippen LogP contribution in [0.5, 0.6) is 0 Å². The predicted molar refractivity (Wildman–Crippen MR) is 91.3 cm³/mol. The minimum atomic E-state index is -0.164. The van der Waals surface area contributed by atoms with Crippen LogP contribution >= 0.6 is 0 Å². The van der Waals surface area contributed by atoms with Crippen LogP contribution in [0.3, 0.4) is 0 Å². The van der Waals surface area contributed by atoms with Gasteiger partial charge in [-0.3, -0.25) is 9.59 Å². The molecule has 23 heavy (non-hydrogen) atoms. The first-order chi connectivity index (χ1) is 11.1. The Labute approximate surface area is 134 Å². The molecule has 0 saturated heterocycles. The van der Waals surface area contributed by atoms with Crippen LogP contribution in [0.15, 0.2) is 59.4 Å². The summed E-state index contributed by atoms with van der Waals surface area (Å²) in [6.07, 6.45) is 0.311. The van der Waals surface area contributed by atoms with E-state index in [1.54, 1.807) is 0 Å². The number of pyridine rings is 1. The fraction of sp³-hybridized carbons (Fsp3) is 0.158. The average molecular weight is 306 g/mol. The highest BCUT2D eigenvalue weighted by Gasteiger charge is 2.06. The van der Waals surface area contributed by atoms with E-state index < -0.39 is 0 Å². The molecule has 0 saturated carbocycles. The summed E-state index contributed by atoms with van der Waals surface area (Å²) in [5.41, 5.74) is 3.25. The zero-order chi connectivity index (χ0) is 16.2. The number of nitrogens with one attached hydrogen (secondary N) is 2. The van der Waals surface area contributed by atoms with Gasteiger partial charge in [0.05, 0.1) is 6.42 Å². The van der Waals surface area contributed by atoms with Crippen molar-refractivity contribution in [1.82, 2.24) is 10.3 Å². The summed E-state index contributed by atoms with van der Waals surface area (Å²) in [6, 6.07) is 17.3. The van der Waals surface area contributed by atoms with E-state index in [1.807, 2.05) is 61.5 Å². The highest BCUT2D eigenvalue weighted by Crippen LogP contribution is 2.13. The standard InChI is InChI=1S/C19H18N2O2/c1-13-7-8-15-11-16(19(23)21-17(15)9-13)12-20-18(22)10-14-5-3-2-4-6-14/h2-9,11H,10,12H2,1H3,(H,20,22)(H,21,23). The summed E-state index contributed by atoms with van der Waals surface area (Å²) in [6.45, 7) is 2.21. The summed E-state index contributed by atoms with van der Waals surface area (Å²) in [4.78, 5) is 27.0. The molecule has 2 N–H and O–H groups in total. The third-order valence-corrected chi connectivity index (χ3v) is 3.76. The number of H-pyrrole nitrogens is 1. The Morgan fingerprint density at radius 2 is 1.87 bits per heavy atom. The Hall–Kier alpha value is -2.88. The number of aromatic amines is 1. The highest BCUT2D eigenvalue weighted by atomic mass is 16.1. The zero-order valence-electron chi connectivity index (χ0n) is 12.9. The van der Waals surface area contributed by atoms with Crippen LogP contribution in [-0.2, 0) is 17.8 Å². The number of benzene rings is 2. The van der Waals surface area contributed by atoms with Crippen molar-refractivity contribution in [1.29, 1.82) is 0 Å². The van der Waals surface area contributed by atoms with Crippen molar-refractivity contribution in [2.45, 2.75) is 19.9 Å². The molecule has 0 unspecified atom stereocenters. The quantitative estimate of drug-likeness (QED) is 0.778. The fourth-order valence-corrected chi connectivity index (χ4v) is 2.53. The molecule has 1 aromatic heterocycles. The maximum atomic E-state index is 12.1. The van der Waals surface area contributed by atoms with Crippen molar-refractivity contribution in [2.75, 3.05) is 0 Å². The molecule has 0 aliphatic heterocycles. The van der Waals surface area contributed by atoms with E-state index in [1.165, 1.54) is 0 Å². The van der Waals surface area contributed by atoms with Gasteiger partial charge < -0.3 is 10.3 Å². The molecule has 116 valence electrons. The van der Waals surface area contributed by atoms with E-state index in [0.29, 0.717) is 12.0 Å². The van der Waals surface area contributed by atoms with Crippen LogP contribution in [-0.4, -0.2) is 10.9 Å². The predicted octanol–water partition coefficient (Wildman–Crippen LogP) is 2.70. The third-order valence-electron chi connectivity index (χ3n) is 3.76. The van der Waals surface area contributed by atoms with Gasteiger partial charge in [-0.15, -0.1) is 0 Å². The molecule has 4 nitrogen and oxygen atoms in total. The molecule has 0 radical (unpaired) electrons. The molecule has 0 aliphatic rings. The molecule has 0 fully saturated rings. The van der Waals surface area contributed by atoms with Gasteiger partial charge in [-0.05, 0) is 35.6 Å². The number of hydrogen-bond acceptors (Lipinski definition) is 2. The van der Waals surface area contributed by atoms with Crippen molar-refractivity contribution in [2.24, 2.45) is 0 Å². The van der Waals surface area contributed by atoms with Gasteiger partial charge in [0.1, 0.15) is 0 Å². The second-order valence-corrected chi connectivity index (χ2v) is 5.65. The molecule has 0 bridgehead atoms. The van der Waals surface area contributed by atoms with E-state index in [4.69, 9.17) is 0 Å². The van der Waals surface area contributed by atoms with Crippen LogP contribution in [0.25, 0.3) is 10.9 Å². The van der Waals surface area contributed by atoms with E-state index in [0.717, 1.165) is 22.0 Å². The summed E-state index contributed by atoms with van der Waals surface area (Å²) in [5, 5.41) is 3.77. The summed E-state index contributed by atoms with van der Waals surface area (Å²) >= 11 is 0. The van der Waals surface area contributed by atoms with Crippen LogP contribution in [0, 0.1) is 6.92 Å². The van der Waals surface area contributed by atoms with Gasteiger partial charge in [0.2, 0.25) is 5.91 Å². The first kappa shape index (κ1) is 15.0. The van der Waals surface area contributed by atoms with E-state index in [-0.39, 0.29) is 18.0 Å². The molecule has 4 heteroatoms. The van der Waals surface area contributed by atoms with Crippen LogP contribution in [0.1, 0.15) is 16.7 Å². The van der Waals surface area contributed by atoms with Crippen molar-refractivity contribution in [3.63, 3.8) is 0 Å². The number of fused-ring (bicyclic) bond motifs is 1. The normalized spacial score (nSPS) is 10.7. The second kappa shape index (κ2) is 6.48. The molecule has 0 atom stereocenters. The Kier molecular flexibility index (Phi) is 4.24. The first-order valence-corrected chi connectivity index (χ1v) is 7.55. The van der Waals surface area contributed by atoms with Gasteiger partial charge in [0.15, 0.2) is 0 Å². The number of aromatic nitrogens is 1. The highest BCUT2D eigenvalue weighted by molar-refractivity contribution is 5.80. The maximum Gasteiger partial charge on any atom is 0.253 e. The van der Waals surface area contributed by atoms with E-state index in [2.05, 4.69) is 10.3 Å². The lowest BCUT2D eigenvalue weighted by Gasteiger charge is -2.07. The van der Waals surface area contributed by atoms with Gasteiger partial charge in [0, 0.05) is 17.6 Å².